The van der Waals surface area contributed by atoms with Crippen molar-refractivity contribution in [2.75, 3.05) is 33.8 Å². The predicted octanol–water partition coefficient (Wildman–Crippen LogP) is 2.75. The first-order chi connectivity index (χ1) is 13.7. The van der Waals surface area contributed by atoms with Gasteiger partial charge < -0.3 is 19.9 Å². The Bertz CT molecular complexity index is 750. The van der Waals surface area contributed by atoms with Gasteiger partial charge in [0.05, 0.1) is 25.4 Å². The lowest BCUT2D eigenvalue weighted by atomic mass is 10.1. The normalized spacial score (nSPS) is 16.2. The minimum Gasteiger partial charge on any atom is -0.497 e. The first-order valence-electron chi connectivity index (χ1n) is 10.0. The predicted molar refractivity (Wildman–Crippen MR) is 111 cm³/mol. The molecule has 1 saturated heterocycles. The van der Waals surface area contributed by atoms with Crippen molar-refractivity contribution in [3.63, 3.8) is 0 Å². The van der Waals surface area contributed by atoms with Gasteiger partial charge in [-0.3, -0.25) is 9.89 Å². The number of nitrogens with zero attached hydrogens (tertiary/aromatic N) is 3. The summed E-state index contributed by atoms with van der Waals surface area (Å²) < 4.78 is 10.6. The van der Waals surface area contributed by atoms with E-state index in [9.17, 15) is 0 Å². The third-order valence-corrected chi connectivity index (χ3v) is 5.17. The van der Waals surface area contributed by atoms with Crippen LogP contribution in [0.2, 0.25) is 0 Å². The lowest BCUT2D eigenvalue weighted by Gasteiger charge is -2.29. The topological polar surface area (TPSA) is 74.9 Å². The number of aromatic nitrogens is 1. The van der Waals surface area contributed by atoms with Gasteiger partial charge in [0.2, 0.25) is 0 Å². The first-order valence-corrected chi connectivity index (χ1v) is 10.0. The molecule has 1 aliphatic heterocycles. The number of hydrogen-bond donors (Lipinski definition) is 2. The van der Waals surface area contributed by atoms with Gasteiger partial charge in [0.1, 0.15) is 5.75 Å². The molecule has 7 nitrogen and oxygen atoms in total. The zero-order valence-electron chi connectivity index (χ0n) is 17.1. The average molecular weight is 386 g/mol. The van der Waals surface area contributed by atoms with Gasteiger partial charge >= 0.3 is 0 Å². The van der Waals surface area contributed by atoms with Crippen molar-refractivity contribution in [3.05, 3.63) is 47.3 Å². The number of hydrogen-bond acceptors (Lipinski definition) is 5. The molecule has 0 bridgehead atoms. The standard InChI is InChI=1S/C21H31N5O2/c1-4-17-13-19(28-25-17)14-23-21(22-2)24-15-20(26-11-5-6-12-26)16-7-9-18(27-3)10-8-16/h7-10,13,20H,4-6,11-12,14-15H2,1-3H3,(H2,22,23,24). The Kier molecular flexibility index (Phi) is 7.31. The Balaban J connectivity index is 1.60. The Labute approximate surface area is 167 Å². The van der Waals surface area contributed by atoms with Gasteiger partial charge in [-0.1, -0.05) is 24.2 Å². The van der Waals surface area contributed by atoms with Crippen LogP contribution >= 0.6 is 0 Å². The van der Waals surface area contributed by atoms with Crippen LogP contribution in [0.1, 0.15) is 42.8 Å². The van der Waals surface area contributed by atoms with Crippen LogP contribution in [0.4, 0.5) is 0 Å². The maximum atomic E-state index is 5.33. The van der Waals surface area contributed by atoms with Gasteiger partial charge in [0.15, 0.2) is 11.7 Å². The second-order valence-corrected chi connectivity index (χ2v) is 6.98. The van der Waals surface area contributed by atoms with Gasteiger partial charge in [0.25, 0.3) is 0 Å². The van der Waals surface area contributed by atoms with Crippen molar-refractivity contribution in [2.24, 2.45) is 4.99 Å². The van der Waals surface area contributed by atoms with Crippen LogP contribution in [0.15, 0.2) is 39.8 Å². The SMILES string of the molecule is CCc1cc(CNC(=NC)NCC(c2ccc(OC)cc2)N2CCCC2)on1. The average Bonchev–Trinajstić information content (AvgIpc) is 3.43. The van der Waals surface area contributed by atoms with E-state index in [1.165, 1.54) is 18.4 Å². The van der Waals surface area contributed by atoms with Crippen LogP contribution in [-0.4, -0.2) is 49.8 Å². The monoisotopic (exact) mass is 385 g/mol. The molecule has 0 amide bonds. The molecule has 0 spiro atoms. The first kappa shape index (κ1) is 20.2. The molecule has 28 heavy (non-hydrogen) atoms. The summed E-state index contributed by atoms with van der Waals surface area (Å²) in [4.78, 5) is 6.88. The van der Waals surface area contributed by atoms with Crippen LogP contribution in [0.3, 0.4) is 0 Å². The minimum absolute atomic E-state index is 0.295. The van der Waals surface area contributed by atoms with E-state index in [0.717, 1.165) is 49.2 Å². The third-order valence-electron chi connectivity index (χ3n) is 5.17. The van der Waals surface area contributed by atoms with E-state index < -0.39 is 0 Å². The Morgan fingerprint density at radius 3 is 2.61 bits per heavy atom. The van der Waals surface area contributed by atoms with Crippen LogP contribution in [-0.2, 0) is 13.0 Å². The van der Waals surface area contributed by atoms with Crippen molar-refractivity contribution in [1.82, 2.24) is 20.7 Å². The maximum Gasteiger partial charge on any atom is 0.191 e. The number of benzene rings is 1. The molecular formula is C21H31N5O2. The molecule has 3 rings (SSSR count). The smallest absolute Gasteiger partial charge is 0.191 e. The summed E-state index contributed by atoms with van der Waals surface area (Å²) in [5.74, 6) is 2.45. The Hall–Kier alpha value is -2.54. The van der Waals surface area contributed by atoms with E-state index in [1.807, 2.05) is 18.2 Å². The number of ether oxygens (including phenoxy) is 1. The van der Waals surface area contributed by atoms with Crippen LogP contribution < -0.4 is 15.4 Å². The van der Waals surface area contributed by atoms with E-state index in [-0.39, 0.29) is 0 Å². The van der Waals surface area contributed by atoms with E-state index >= 15 is 0 Å². The summed E-state index contributed by atoms with van der Waals surface area (Å²) in [6.07, 6.45) is 3.38. The zero-order valence-corrected chi connectivity index (χ0v) is 17.1. The molecule has 0 saturated carbocycles. The Morgan fingerprint density at radius 1 is 1.25 bits per heavy atom. The van der Waals surface area contributed by atoms with Crippen molar-refractivity contribution >= 4 is 5.96 Å². The van der Waals surface area contributed by atoms with E-state index in [4.69, 9.17) is 9.26 Å². The lowest BCUT2D eigenvalue weighted by molar-refractivity contribution is 0.245. The van der Waals surface area contributed by atoms with Gasteiger partial charge in [-0.15, -0.1) is 0 Å². The van der Waals surface area contributed by atoms with Crippen molar-refractivity contribution in [1.29, 1.82) is 0 Å². The van der Waals surface area contributed by atoms with E-state index in [1.54, 1.807) is 14.2 Å². The summed E-state index contributed by atoms with van der Waals surface area (Å²) in [5.41, 5.74) is 2.25. The highest BCUT2D eigenvalue weighted by Gasteiger charge is 2.23. The summed E-state index contributed by atoms with van der Waals surface area (Å²) in [6.45, 7) is 5.66. The van der Waals surface area contributed by atoms with Crippen LogP contribution in [0, 0.1) is 0 Å². The highest BCUT2D eigenvalue weighted by atomic mass is 16.5. The number of guanidine groups is 1. The molecule has 152 valence electrons. The highest BCUT2D eigenvalue weighted by Crippen LogP contribution is 2.26. The number of likely N-dealkylation sites (tertiary alicyclic amines) is 1. The Morgan fingerprint density at radius 2 is 2.00 bits per heavy atom. The number of nitrogens with one attached hydrogen (secondary N) is 2. The fourth-order valence-electron chi connectivity index (χ4n) is 3.53. The van der Waals surface area contributed by atoms with E-state index in [0.29, 0.717) is 12.6 Å². The quantitative estimate of drug-likeness (QED) is 0.538. The molecule has 1 aromatic heterocycles. The second-order valence-electron chi connectivity index (χ2n) is 6.98. The van der Waals surface area contributed by atoms with Gasteiger partial charge in [-0.05, 0) is 50.0 Å². The van der Waals surface area contributed by atoms with E-state index in [2.05, 4.69) is 44.7 Å². The molecule has 2 aromatic rings. The lowest BCUT2D eigenvalue weighted by Crippen LogP contribution is -2.42. The summed E-state index contributed by atoms with van der Waals surface area (Å²) in [6, 6.07) is 10.6. The largest absolute Gasteiger partial charge is 0.497 e. The molecule has 1 unspecified atom stereocenters. The zero-order chi connectivity index (χ0) is 19.8. The fraction of sp³-hybridized carbons (Fsp3) is 0.524. The number of aliphatic imine (C=N–C) groups is 1. The third kappa shape index (κ3) is 5.25. The summed E-state index contributed by atoms with van der Waals surface area (Å²) in [7, 11) is 3.48. The molecule has 0 radical (unpaired) electrons. The molecule has 7 heteroatoms. The number of aryl methyl sites for hydroxylation is 1. The minimum atomic E-state index is 0.295. The molecule has 1 aromatic carbocycles. The summed E-state index contributed by atoms with van der Waals surface area (Å²) in [5, 5.41) is 10.8. The van der Waals surface area contributed by atoms with Crippen LogP contribution in [0.5, 0.6) is 5.75 Å². The summed E-state index contributed by atoms with van der Waals surface area (Å²) >= 11 is 0. The fourth-order valence-corrected chi connectivity index (χ4v) is 3.53. The van der Waals surface area contributed by atoms with Crippen molar-refractivity contribution in [2.45, 2.75) is 38.8 Å². The van der Waals surface area contributed by atoms with Crippen molar-refractivity contribution < 1.29 is 9.26 Å². The number of rotatable bonds is 8. The molecule has 1 atom stereocenters. The molecule has 0 aliphatic carbocycles. The van der Waals surface area contributed by atoms with Gasteiger partial charge in [-0.25, -0.2) is 0 Å². The molecular weight excluding hydrogens is 354 g/mol. The van der Waals surface area contributed by atoms with Crippen molar-refractivity contribution in [3.8, 4) is 5.75 Å². The number of methoxy groups -OCH3 is 1. The maximum absolute atomic E-state index is 5.33. The van der Waals surface area contributed by atoms with Gasteiger partial charge in [0, 0.05) is 19.7 Å². The van der Waals surface area contributed by atoms with Gasteiger partial charge in [-0.2, -0.15) is 0 Å². The molecule has 2 heterocycles. The van der Waals surface area contributed by atoms with Crippen LogP contribution in [0.25, 0.3) is 0 Å². The molecule has 1 aliphatic rings. The highest BCUT2D eigenvalue weighted by molar-refractivity contribution is 5.79. The molecule has 2 N–H and O–H groups in total. The second kappa shape index (κ2) is 10.1. The molecule has 1 fully saturated rings.